The van der Waals surface area contributed by atoms with E-state index < -0.39 is 0 Å². The lowest BCUT2D eigenvalue weighted by Gasteiger charge is -2.12. The van der Waals surface area contributed by atoms with Gasteiger partial charge >= 0.3 is 0 Å². The second-order valence-corrected chi connectivity index (χ2v) is 4.23. The first-order chi connectivity index (χ1) is 8.58. The molecule has 0 aliphatic rings. The number of nitro groups is 1. The van der Waals surface area contributed by atoms with Crippen molar-refractivity contribution in [3.63, 3.8) is 0 Å². The second-order valence-electron chi connectivity index (χ2n) is 4.23. The normalized spacial score (nSPS) is 10.6. The molecule has 1 aromatic heterocycles. The van der Waals surface area contributed by atoms with Gasteiger partial charge in [-0.2, -0.15) is 0 Å². The number of nitrogens with one attached hydrogen (secondary N) is 1. The molecule has 0 aliphatic carbocycles. The zero-order valence-corrected chi connectivity index (χ0v) is 10.2. The molecule has 0 amide bonds. The average molecular weight is 246 g/mol. The topological polar surface area (TPSA) is 73.0 Å². The van der Waals surface area contributed by atoms with Crippen molar-refractivity contribution in [3.8, 4) is 5.69 Å². The van der Waals surface area contributed by atoms with Crippen LogP contribution in [-0.4, -0.2) is 20.5 Å². The van der Waals surface area contributed by atoms with E-state index in [1.54, 1.807) is 35.4 Å². The predicted molar refractivity (Wildman–Crippen MR) is 69.0 cm³/mol. The number of imidazole rings is 1. The summed E-state index contributed by atoms with van der Waals surface area (Å²) in [5.74, 6) is 0. The Bertz CT molecular complexity index is 549. The number of hydrogen-bond acceptors (Lipinski definition) is 4. The van der Waals surface area contributed by atoms with Crippen molar-refractivity contribution >= 4 is 11.4 Å². The molecule has 0 saturated carbocycles. The third-order valence-electron chi connectivity index (χ3n) is 2.42. The highest BCUT2D eigenvalue weighted by molar-refractivity contribution is 5.65. The quantitative estimate of drug-likeness (QED) is 0.664. The van der Waals surface area contributed by atoms with Crippen molar-refractivity contribution in [2.24, 2.45) is 0 Å². The van der Waals surface area contributed by atoms with Crippen LogP contribution in [0.5, 0.6) is 0 Å². The molecule has 2 aromatic rings. The minimum Gasteiger partial charge on any atom is -0.377 e. The summed E-state index contributed by atoms with van der Waals surface area (Å²) in [5, 5.41) is 14.0. The summed E-state index contributed by atoms with van der Waals surface area (Å²) in [4.78, 5) is 14.5. The average Bonchev–Trinajstić information content (AvgIpc) is 2.81. The van der Waals surface area contributed by atoms with Crippen LogP contribution in [-0.2, 0) is 0 Å². The Morgan fingerprint density at radius 2 is 2.22 bits per heavy atom. The van der Waals surface area contributed by atoms with Crippen LogP contribution < -0.4 is 5.32 Å². The fraction of sp³-hybridized carbons (Fsp3) is 0.250. The zero-order chi connectivity index (χ0) is 13.1. The van der Waals surface area contributed by atoms with E-state index in [-0.39, 0.29) is 16.7 Å². The van der Waals surface area contributed by atoms with E-state index in [4.69, 9.17) is 0 Å². The summed E-state index contributed by atoms with van der Waals surface area (Å²) in [6.45, 7) is 3.88. The monoisotopic (exact) mass is 246 g/mol. The van der Waals surface area contributed by atoms with Gasteiger partial charge < -0.3 is 9.88 Å². The molecule has 1 aromatic carbocycles. The lowest BCUT2D eigenvalue weighted by atomic mass is 10.2. The molecule has 0 unspecified atom stereocenters. The van der Waals surface area contributed by atoms with E-state index in [0.29, 0.717) is 5.69 Å². The highest BCUT2D eigenvalue weighted by Gasteiger charge is 2.15. The zero-order valence-electron chi connectivity index (χ0n) is 10.2. The van der Waals surface area contributed by atoms with Crippen LogP contribution in [0, 0.1) is 10.1 Å². The molecular formula is C12H14N4O2. The van der Waals surface area contributed by atoms with Crippen LogP contribution >= 0.6 is 0 Å². The van der Waals surface area contributed by atoms with E-state index in [9.17, 15) is 10.1 Å². The number of aromatic nitrogens is 2. The molecule has 18 heavy (non-hydrogen) atoms. The first-order valence-electron chi connectivity index (χ1n) is 5.61. The minimum atomic E-state index is -0.387. The van der Waals surface area contributed by atoms with Gasteiger partial charge in [0.15, 0.2) is 0 Å². The van der Waals surface area contributed by atoms with Gasteiger partial charge in [0, 0.05) is 30.2 Å². The van der Waals surface area contributed by atoms with Gasteiger partial charge in [0.2, 0.25) is 0 Å². The van der Waals surface area contributed by atoms with Gasteiger partial charge in [0.1, 0.15) is 5.69 Å². The molecule has 0 atom stereocenters. The van der Waals surface area contributed by atoms with Gasteiger partial charge in [-0.05, 0) is 26.0 Å². The minimum absolute atomic E-state index is 0.0764. The number of nitrogens with zero attached hydrogens (tertiary/aromatic N) is 3. The first-order valence-corrected chi connectivity index (χ1v) is 5.61. The molecule has 0 fully saturated rings. The van der Waals surface area contributed by atoms with E-state index >= 15 is 0 Å². The number of rotatable bonds is 4. The van der Waals surface area contributed by atoms with Crippen LogP contribution in [0.3, 0.4) is 0 Å². The molecule has 6 heteroatoms. The Morgan fingerprint density at radius 1 is 1.44 bits per heavy atom. The van der Waals surface area contributed by atoms with Gasteiger partial charge in [0.25, 0.3) is 5.69 Å². The lowest BCUT2D eigenvalue weighted by molar-refractivity contribution is -0.384. The van der Waals surface area contributed by atoms with Crippen molar-refractivity contribution in [1.82, 2.24) is 9.55 Å². The van der Waals surface area contributed by atoms with Crippen molar-refractivity contribution in [1.29, 1.82) is 0 Å². The first kappa shape index (κ1) is 12.1. The fourth-order valence-corrected chi connectivity index (χ4v) is 1.68. The fourth-order valence-electron chi connectivity index (χ4n) is 1.68. The molecular weight excluding hydrogens is 232 g/mol. The van der Waals surface area contributed by atoms with Gasteiger partial charge in [0.05, 0.1) is 11.3 Å². The van der Waals surface area contributed by atoms with E-state index in [2.05, 4.69) is 10.3 Å². The molecule has 1 heterocycles. The molecule has 2 rings (SSSR count). The van der Waals surface area contributed by atoms with Crippen molar-refractivity contribution in [3.05, 3.63) is 47.0 Å². The number of anilines is 1. The third kappa shape index (κ3) is 2.48. The Kier molecular flexibility index (Phi) is 3.27. The van der Waals surface area contributed by atoms with Gasteiger partial charge in [-0.1, -0.05) is 0 Å². The lowest BCUT2D eigenvalue weighted by Crippen LogP contribution is -2.11. The van der Waals surface area contributed by atoms with Gasteiger partial charge in [-0.25, -0.2) is 4.98 Å². The molecule has 0 aliphatic heterocycles. The molecule has 0 radical (unpaired) electrons. The SMILES string of the molecule is CC(C)Nc1cc(-n2ccnc2)ccc1[N+](=O)[O-]. The highest BCUT2D eigenvalue weighted by Crippen LogP contribution is 2.27. The number of nitro benzene ring substituents is 1. The van der Waals surface area contributed by atoms with E-state index in [1.807, 2.05) is 13.8 Å². The standard InChI is InChI=1S/C12H14N4O2/c1-9(2)14-11-7-10(15-6-5-13-8-15)3-4-12(11)16(17)18/h3-9,14H,1-2H3. The Balaban J connectivity index is 2.45. The second kappa shape index (κ2) is 4.87. The third-order valence-corrected chi connectivity index (χ3v) is 2.42. The van der Waals surface area contributed by atoms with Crippen molar-refractivity contribution in [2.75, 3.05) is 5.32 Å². The number of benzene rings is 1. The summed E-state index contributed by atoms with van der Waals surface area (Å²) in [7, 11) is 0. The summed E-state index contributed by atoms with van der Waals surface area (Å²) in [6, 6.07) is 5.08. The Morgan fingerprint density at radius 3 is 2.78 bits per heavy atom. The van der Waals surface area contributed by atoms with Gasteiger partial charge in [-0.3, -0.25) is 10.1 Å². The van der Waals surface area contributed by atoms with Crippen molar-refractivity contribution < 1.29 is 4.92 Å². The smallest absolute Gasteiger partial charge is 0.292 e. The molecule has 0 bridgehead atoms. The van der Waals surface area contributed by atoms with Crippen LogP contribution in [0.4, 0.5) is 11.4 Å². The molecule has 94 valence electrons. The largest absolute Gasteiger partial charge is 0.377 e. The van der Waals surface area contributed by atoms with E-state index in [0.717, 1.165) is 5.69 Å². The maximum absolute atomic E-state index is 10.9. The highest BCUT2D eigenvalue weighted by atomic mass is 16.6. The molecule has 0 saturated heterocycles. The Hall–Kier alpha value is -2.37. The van der Waals surface area contributed by atoms with Crippen LogP contribution in [0.15, 0.2) is 36.9 Å². The molecule has 0 spiro atoms. The van der Waals surface area contributed by atoms with Crippen LogP contribution in [0.2, 0.25) is 0 Å². The summed E-state index contributed by atoms with van der Waals surface area (Å²) in [5.41, 5.74) is 1.43. The van der Waals surface area contributed by atoms with Crippen LogP contribution in [0.1, 0.15) is 13.8 Å². The van der Waals surface area contributed by atoms with Crippen molar-refractivity contribution in [2.45, 2.75) is 19.9 Å². The summed E-state index contributed by atoms with van der Waals surface area (Å²) in [6.07, 6.45) is 5.11. The molecule has 6 nitrogen and oxygen atoms in total. The predicted octanol–water partition coefficient (Wildman–Crippen LogP) is 2.60. The maximum atomic E-state index is 10.9. The van der Waals surface area contributed by atoms with E-state index in [1.165, 1.54) is 6.07 Å². The summed E-state index contributed by atoms with van der Waals surface area (Å²) >= 11 is 0. The maximum Gasteiger partial charge on any atom is 0.292 e. The van der Waals surface area contributed by atoms with Gasteiger partial charge in [-0.15, -0.1) is 0 Å². The summed E-state index contributed by atoms with van der Waals surface area (Å²) < 4.78 is 1.80. The molecule has 1 N–H and O–H groups in total. The van der Waals surface area contributed by atoms with Crippen LogP contribution in [0.25, 0.3) is 5.69 Å². The Labute approximate surface area is 104 Å². The number of hydrogen-bond donors (Lipinski definition) is 1.